The first-order valence-corrected chi connectivity index (χ1v) is 6.24. The number of nitrogens with zero attached hydrogens (tertiary/aromatic N) is 1. The number of pyridine rings is 1. The molecule has 2 aromatic rings. The normalized spacial score (nSPS) is 14.1. The fourth-order valence-electron chi connectivity index (χ4n) is 2.46. The van der Waals surface area contributed by atoms with Gasteiger partial charge >= 0.3 is 5.97 Å². The van der Waals surface area contributed by atoms with Crippen LogP contribution in [0.5, 0.6) is 5.75 Å². The molecule has 0 atom stereocenters. The fourth-order valence-corrected chi connectivity index (χ4v) is 2.46. The van der Waals surface area contributed by atoms with Crippen LogP contribution in [0.1, 0.15) is 29.4 Å². The summed E-state index contributed by atoms with van der Waals surface area (Å²) in [6.45, 7) is 2.84. The van der Waals surface area contributed by atoms with Crippen molar-refractivity contribution in [3.8, 4) is 5.75 Å². The van der Waals surface area contributed by atoms with E-state index in [-0.39, 0.29) is 5.97 Å². The molecule has 0 aliphatic carbocycles. The average Bonchev–Trinajstić information content (AvgIpc) is 2.73. The highest BCUT2D eigenvalue weighted by Gasteiger charge is 2.27. The van der Waals surface area contributed by atoms with Crippen molar-refractivity contribution in [1.29, 1.82) is 0 Å². The first-order valence-electron chi connectivity index (χ1n) is 6.24. The third-order valence-corrected chi connectivity index (χ3v) is 3.18. The number of esters is 1. The molecule has 4 heteroatoms. The number of hydrogen-bond acceptors (Lipinski definition) is 3. The molecule has 0 spiro atoms. The van der Waals surface area contributed by atoms with Gasteiger partial charge in [-0.2, -0.15) is 0 Å². The maximum Gasteiger partial charge on any atom is 0.344 e. The Bertz CT molecular complexity index is 600. The lowest BCUT2D eigenvalue weighted by Gasteiger charge is -2.14. The zero-order chi connectivity index (χ0) is 12.5. The van der Waals surface area contributed by atoms with Gasteiger partial charge in [-0.15, -0.1) is 0 Å². The van der Waals surface area contributed by atoms with Crippen LogP contribution in [0, 0.1) is 0 Å². The van der Waals surface area contributed by atoms with Gasteiger partial charge in [-0.25, -0.2) is 4.79 Å². The lowest BCUT2D eigenvalue weighted by atomic mass is 10.1. The molecule has 0 radical (unpaired) electrons. The first-order chi connectivity index (χ1) is 8.83. The van der Waals surface area contributed by atoms with Gasteiger partial charge in [-0.1, -0.05) is 6.07 Å². The molecular formula is C14H15NO3. The molecule has 0 amide bonds. The van der Waals surface area contributed by atoms with Crippen molar-refractivity contribution < 1.29 is 14.3 Å². The number of aryl methyl sites for hydroxylation is 1. The largest absolute Gasteiger partial charge is 0.491 e. The summed E-state index contributed by atoms with van der Waals surface area (Å²) < 4.78 is 12.8. The van der Waals surface area contributed by atoms with Crippen molar-refractivity contribution in [1.82, 2.24) is 4.40 Å². The van der Waals surface area contributed by atoms with Gasteiger partial charge in [0, 0.05) is 6.20 Å². The Hall–Kier alpha value is -1.97. The lowest BCUT2D eigenvalue weighted by Crippen LogP contribution is -2.11. The predicted molar refractivity (Wildman–Crippen MR) is 67.2 cm³/mol. The van der Waals surface area contributed by atoms with Crippen molar-refractivity contribution in [2.45, 2.75) is 19.8 Å². The third-order valence-electron chi connectivity index (χ3n) is 3.18. The zero-order valence-electron chi connectivity index (χ0n) is 10.3. The van der Waals surface area contributed by atoms with Gasteiger partial charge in [-0.05, 0) is 31.9 Å². The predicted octanol–water partition coefficient (Wildman–Crippen LogP) is 2.44. The van der Waals surface area contributed by atoms with Crippen LogP contribution in [-0.4, -0.2) is 23.6 Å². The maximum atomic E-state index is 12.1. The Balaban J connectivity index is 2.25. The Kier molecular flexibility index (Phi) is 2.70. The zero-order valence-corrected chi connectivity index (χ0v) is 10.3. The highest BCUT2D eigenvalue weighted by Crippen LogP contribution is 2.35. The summed E-state index contributed by atoms with van der Waals surface area (Å²) in [6.07, 6.45) is 3.88. The summed E-state index contributed by atoms with van der Waals surface area (Å²) in [5.41, 5.74) is 2.50. The molecule has 2 aromatic heterocycles. The quantitative estimate of drug-likeness (QED) is 0.763. The number of carbonyl (C=O) groups excluding carboxylic acids is 1. The van der Waals surface area contributed by atoms with E-state index < -0.39 is 0 Å². The molecule has 0 aromatic carbocycles. The fraction of sp³-hybridized carbons (Fsp3) is 0.357. The highest BCUT2D eigenvalue weighted by atomic mass is 16.5. The van der Waals surface area contributed by atoms with Gasteiger partial charge in [0.15, 0.2) is 5.75 Å². The Morgan fingerprint density at radius 2 is 2.39 bits per heavy atom. The van der Waals surface area contributed by atoms with Gasteiger partial charge < -0.3 is 13.9 Å². The first kappa shape index (κ1) is 11.1. The van der Waals surface area contributed by atoms with E-state index in [4.69, 9.17) is 9.47 Å². The minimum absolute atomic E-state index is 0.302. The molecule has 0 bridgehead atoms. The van der Waals surface area contributed by atoms with Crippen molar-refractivity contribution in [3.63, 3.8) is 0 Å². The van der Waals surface area contributed by atoms with Gasteiger partial charge in [0.25, 0.3) is 0 Å². The van der Waals surface area contributed by atoms with Gasteiger partial charge in [-0.3, -0.25) is 0 Å². The lowest BCUT2D eigenvalue weighted by molar-refractivity contribution is 0.0524. The second-order valence-corrected chi connectivity index (χ2v) is 4.28. The highest BCUT2D eigenvalue weighted by molar-refractivity contribution is 6.01. The van der Waals surface area contributed by atoms with Crippen LogP contribution >= 0.6 is 0 Å². The van der Waals surface area contributed by atoms with Gasteiger partial charge in [0.05, 0.1) is 24.4 Å². The molecule has 0 unspecified atom stereocenters. The standard InChI is InChI=1S/C14H15NO3/c1-2-17-14(16)12-10-6-3-4-8-15(10)11-7-5-9-18-13(11)12/h3-4,6,8H,2,5,7,9H2,1H3. The monoisotopic (exact) mass is 245 g/mol. The van der Waals surface area contributed by atoms with E-state index in [1.54, 1.807) is 0 Å². The van der Waals surface area contributed by atoms with E-state index >= 15 is 0 Å². The molecule has 0 N–H and O–H groups in total. The molecule has 1 aliphatic rings. The Morgan fingerprint density at radius 1 is 1.50 bits per heavy atom. The molecule has 0 saturated carbocycles. The summed E-state index contributed by atoms with van der Waals surface area (Å²) in [4.78, 5) is 12.1. The summed E-state index contributed by atoms with van der Waals surface area (Å²) in [6, 6.07) is 5.80. The Morgan fingerprint density at radius 3 is 3.22 bits per heavy atom. The molecule has 3 rings (SSSR count). The van der Waals surface area contributed by atoms with Crippen molar-refractivity contribution in [3.05, 3.63) is 35.7 Å². The maximum absolute atomic E-state index is 12.1. The van der Waals surface area contributed by atoms with E-state index in [0.717, 1.165) is 24.1 Å². The van der Waals surface area contributed by atoms with E-state index in [1.807, 2.05) is 35.7 Å². The molecular weight excluding hydrogens is 230 g/mol. The smallest absolute Gasteiger partial charge is 0.344 e. The van der Waals surface area contributed by atoms with Crippen molar-refractivity contribution >= 4 is 11.5 Å². The molecule has 18 heavy (non-hydrogen) atoms. The number of carbonyl (C=O) groups is 1. The van der Waals surface area contributed by atoms with Gasteiger partial charge in [0.1, 0.15) is 5.56 Å². The molecule has 3 heterocycles. The van der Waals surface area contributed by atoms with E-state index in [2.05, 4.69) is 0 Å². The van der Waals surface area contributed by atoms with Crippen LogP contribution in [-0.2, 0) is 11.2 Å². The van der Waals surface area contributed by atoms with E-state index in [9.17, 15) is 4.79 Å². The summed E-state index contributed by atoms with van der Waals surface area (Å²) >= 11 is 0. The molecule has 0 fully saturated rings. The number of rotatable bonds is 2. The molecule has 1 aliphatic heterocycles. The van der Waals surface area contributed by atoms with Crippen LogP contribution in [0.4, 0.5) is 0 Å². The van der Waals surface area contributed by atoms with Crippen LogP contribution in [0.25, 0.3) is 5.52 Å². The number of aromatic nitrogens is 1. The molecule has 94 valence electrons. The van der Waals surface area contributed by atoms with Crippen LogP contribution < -0.4 is 4.74 Å². The van der Waals surface area contributed by atoms with Crippen LogP contribution in [0.15, 0.2) is 24.4 Å². The van der Waals surface area contributed by atoms with Crippen LogP contribution in [0.2, 0.25) is 0 Å². The minimum atomic E-state index is -0.302. The second kappa shape index (κ2) is 4.37. The number of hydrogen-bond donors (Lipinski definition) is 0. The summed E-state index contributed by atoms with van der Waals surface area (Å²) in [5.74, 6) is 0.398. The third kappa shape index (κ3) is 1.56. The van der Waals surface area contributed by atoms with Crippen LogP contribution in [0.3, 0.4) is 0 Å². The van der Waals surface area contributed by atoms with Crippen molar-refractivity contribution in [2.24, 2.45) is 0 Å². The summed E-state index contributed by atoms with van der Waals surface area (Å²) in [7, 11) is 0. The van der Waals surface area contributed by atoms with Gasteiger partial charge in [0.2, 0.25) is 0 Å². The average molecular weight is 245 g/mol. The van der Waals surface area contributed by atoms with Crippen molar-refractivity contribution in [2.75, 3.05) is 13.2 Å². The number of fused-ring (bicyclic) bond motifs is 3. The molecule has 0 saturated heterocycles. The number of ether oxygens (including phenoxy) is 2. The SMILES string of the molecule is CCOC(=O)c1c2c(n3ccccc13)CCCO2. The van der Waals surface area contributed by atoms with E-state index in [0.29, 0.717) is 24.5 Å². The topological polar surface area (TPSA) is 39.9 Å². The second-order valence-electron chi connectivity index (χ2n) is 4.28. The minimum Gasteiger partial charge on any atom is -0.491 e. The molecule has 4 nitrogen and oxygen atoms in total. The Labute approximate surface area is 105 Å². The van der Waals surface area contributed by atoms with E-state index in [1.165, 1.54) is 0 Å². The summed E-state index contributed by atoms with van der Waals surface area (Å²) in [5, 5.41) is 0.